The second kappa shape index (κ2) is 8.69. The molecule has 2 aromatic heterocycles. The lowest BCUT2D eigenvalue weighted by molar-refractivity contribution is 0.0952. The van der Waals surface area contributed by atoms with Crippen LogP contribution in [0, 0.1) is 5.82 Å². The maximum atomic E-state index is 14.4. The van der Waals surface area contributed by atoms with Crippen LogP contribution in [0.15, 0.2) is 17.4 Å². The van der Waals surface area contributed by atoms with Crippen molar-refractivity contribution < 1.29 is 9.50 Å². The molecule has 156 valence electrons. The van der Waals surface area contributed by atoms with Crippen molar-refractivity contribution in [2.75, 3.05) is 36.8 Å². The maximum Gasteiger partial charge on any atom is 0.183 e. The highest BCUT2D eigenvalue weighted by atomic mass is 35.5. The first kappa shape index (κ1) is 20.1. The standard InChI is InChI=1S/C20H26ClFN6O/c1-2-14(29)11-28-5-3-4-13(10-28)26-20-17(22)9-25-19(27-20)16-8-24-18-15(16)6-12(21)7-23-18/h6,8-9,13-14,23-24,29H,2-5,7,10-11H2,1H3,(H,25,26,27). The fourth-order valence-electron chi connectivity index (χ4n) is 3.85. The van der Waals surface area contributed by atoms with Crippen LogP contribution in [0.4, 0.5) is 16.0 Å². The minimum absolute atomic E-state index is 0.0706. The molecule has 29 heavy (non-hydrogen) atoms. The smallest absolute Gasteiger partial charge is 0.183 e. The Morgan fingerprint density at radius 1 is 1.48 bits per heavy atom. The average molecular weight is 421 g/mol. The highest BCUT2D eigenvalue weighted by Crippen LogP contribution is 2.33. The zero-order valence-electron chi connectivity index (χ0n) is 16.4. The van der Waals surface area contributed by atoms with Crippen molar-refractivity contribution in [1.29, 1.82) is 0 Å². The molecule has 1 saturated heterocycles. The summed E-state index contributed by atoms with van der Waals surface area (Å²) in [4.78, 5) is 14.0. The molecular formula is C20H26ClFN6O. The van der Waals surface area contributed by atoms with Gasteiger partial charge < -0.3 is 20.7 Å². The molecule has 0 aromatic carbocycles. The van der Waals surface area contributed by atoms with Gasteiger partial charge in [-0.25, -0.2) is 14.4 Å². The van der Waals surface area contributed by atoms with E-state index in [1.54, 1.807) is 6.20 Å². The van der Waals surface area contributed by atoms with Crippen LogP contribution in [0.1, 0.15) is 31.7 Å². The van der Waals surface area contributed by atoms with Gasteiger partial charge in [-0.3, -0.25) is 4.90 Å². The Kier molecular flexibility index (Phi) is 6.03. The number of nitrogens with one attached hydrogen (secondary N) is 3. The molecule has 4 heterocycles. The normalized spacial score (nSPS) is 20.6. The highest BCUT2D eigenvalue weighted by Gasteiger charge is 2.24. The monoisotopic (exact) mass is 420 g/mol. The third-order valence-electron chi connectivity index (χ3n) is 5.43. The Hall–Kier alpha value is -2.16. The number of piperidine rings is 1. The Morgan fingerprint density at radius 2 is 2.34 bits per heavy atom. The van der Waals surface area contributed by atoms with Crippen LogP contribution in [0.5, 0.6) is 0 Å². The van der Waals surface area contributed by atoms with E-state index in [1.165, 1.54) is 6.20 Å². The van der Waals surface area contributed by atoms with Crippen molar-refractivity contribution in [1.82, 2.24) is 19.9 Å². The van der Waals surface area contributed by atoms with E-state index in [0.29, 0.717) is 23.9 Å². The number of β-amino-alcohol motifs (C(OH)–C–C–N with tert-alkyl or cyclic N) is 1. The third kappa shape index (κ3) is 4.55. The molecule has 4 N–H and O–H groups in total. The van der Waals surface area contributed by atoms with E-state index < -0.39 is 5.82 Å². The quantitative estimate of drug-likeness (QED) is 0.573. The first-order valence-electron chi connectivity index (χ1n) is 10.0. The van der Waals surface area contributed by atoms with Crippen LogP contribution in [-0.4, -0.2) is 63.3 Å². The summed E-state index contributed by atoms with van der Waals surface area (Å²) in [7, 11) is 0. The number of likely N-dealkylation sites (tertiary alicyclic amines) is 1. The van der Waals surface area contributed by atoms with E-state index in [0.717, 1.165) is 49.3 Å². The van der Waals surface area contributed by atoms with Gasteiger partial charge in [0.1, 0.15) is 5.82 Å². The summed E-state index contributed by atoms with van der Waals surface area (Å²) in [5.41, 5.74) is 1.64. The molecule has 4 rings (SSSR count). The number of halogens is 2. The second-order valence-corrected chi connectivity index (χ2v) is 8.12. The van der Waals surface area contributed by atoms with Gasteiger partial charge in [-0.05, 0) is 31.9 Å². The molecule has 2 unspecified atom stereocenters. The number of aromatic nitrogens is 3. The van der Waals surface area contributed by atoms with Crippen LogP contribution in [0.3, 0.4) is 0 Å². The van der Waals surface area contributed by atoms with Gasteiger partial charge in [-0.15, -0.1) is 0 Å². The van der Waals surface area contributed by atoms with Gasteiger partial charge in [0.25, 0.3) is 0 Å². The summed E-state index contributed by atoms with van der Waals surface area (Å²) in [6.07, 6.45) is 7.20. The van der Waals surface area contributed by atoms with Crippen LogP contribution >= 0.6 is 11.6 Å². The lowest BCUT2D eigenvalue weighted by Gasteiger charge is -2.34. The number of H-pyrrole nitrogens is 1. The number of fused-ring (bicyclic) bond motifs is 1. The third-order valence-corrected chi connectivity index (χ3v) is 5.67. The number of hydrogen-bond donors (Lipinski definition) is 4. The fourth-order valence-corrected chi connectivity index (χ4v) is 4.03. The molecule has 0 saturated carbocycles. The number of nitrogens with zero attached hydrogens (tertiary/aromatic N) is 3. The summed E-state index contributed by atoms with van der Waals surface area (Å²) in [6.45, 7) is 4.87. The molecule has 0 amide bonds. The van der Waals surface area contributed by atoms with E-state index in [-0.39, 0.29) is 18.0 Å². The Bertz CT molecular complexity index is 901. The van der Waals surface area contributed by atoms with Crippen molar-refractivity contribution in [2.45, 2.75) is 38.3 Å². The number of aliphatic hydroxyl groups excluding tert-OH is 1. The van der Waals surface area contributed by atoms with Gasteiger partial charge in [-0.2, -0.15) is 0 Å². The summed E-state index contributed by atoms with van der Waals surface area (Å²) in [5, 5.41) is 17.1. The van der Waals surface area contributed by atoms with Crippen LogP contribution in [0.25, 0.3) is 17.5 Å². The first-order valence-corrected chi connectivity index (χ1v) is 10.4. The average Bonchev–Trinajstić information content (AvgIpc) is 3.13. The number of aromatic amines is 1. The van der Waals surface area contributed by atoms with E-state index in [2.05, 4.69) is 30.5 Å². The molecule has 0 spiro atoms. The van der Waals surface area contributed by atoms with Crippen LogP contribution < -0.4 is 10.6 Å². The minimum atomic E-state index is -0.476. The van der Waals surface area contributed by atoms with Crippen LogP contribution in [0.2, 0.25) is 0 Å². The predicted molar refractivity (Wildman–Crippen MR) is 113 cm³/mol. The number of anilines is 2. The van der Waals surface area contributed by atoms with Crippen molar-refractivity contribution in [2.24, 2.45) is 0 Å². The zero-order chi connectivity index (χ0) is 20.4. The molecule has 2 atom stereocenters. The van der Waals surface area contributed by atoms with Gasteiger partial charge >= 0.3 is 0 Å². The molecule has 7 nitrogen and oxygen atoms in total. The molecular weight excluding hydrogens is 395 g/mol. The molecule has 0 aliphatic carbocycles. The summed E-state index contributed by atoms with van der Waals surface area (Å²) < 4.78 is 14.4. The first-order chi connectivity index (χ1) is 14.0. The molecule has 0 radical (unpaired) electrons. The SMILES string of the molecule is CCC(O)CN1CCCC(Nc2nc(-c3c[nH]c4c3C=C(Cl)CN4)ncc2F)C1. The van der Waals surface area contributed by atoms with Gasteiger partial charge in [-0.1, -0.05) is 18.5 Å². The number of aliphatic hydroxyl groups is 1. The Morgan fingerprint density at radius 3 is 3.17 bits per heavy atom. The topological polar surface area (TPSA) is 89.1 Å². The highest BCUT2D eigenvalue weighted by molar-refractivity contribution is 6.32. The van der Waals surface area contributed by atoms with E-state index >= 15 is 0 Å². The molecule has 2 aliphatic heterocycles. The largest absolute Gasteiger partial charge is 0.392 e. The Labute approximate surface area is 174 Å². The van der Waals surface area contributed by atoms with E-state index in [9.17, 15) is 9.50 Å². The molecule has 1 fully saturated rings. The van der Waals surface area contributed by atoms with Crippen molar-refractivity contribution in [3.8, 4) is 11.4 Å². The Balaban J connectivity index is 1.52. The van der Waals surface area contributed by atoms with Gasteiger partial charge in [0.05, 0.1) is 18.8 Å². The zero-order valence-corrected chi connectivity index (χ0v) is 17.1. The summed E-state index contributed by atoms with van der Waals surface area (Å²) >= 11 is 6.16. The lowest BCUT2D eigenvalue weighted by Crippen LogP contribution is -2.45. The number of hydrogen-bond acceptors (Lipinski definition) is 6. The van der Waals surface area contributed by atoms with Crippen molar-refractivity contribution in [3.63, 3.8) is 0 Å². The van der Waals surface area contributed by atoms with E-state index in [1.807, 2.05) is 13.0 Å². The molecule has 9 heteroatoms. The fraction of sp³-hybridized carbons (Fsp3) is 0.500. The van der Waals surface area contributed by atoms with E-state index in [4.69, 9.17) is 11.6 Å². The maximum absolute atomic E-state index is 14.4. The molecule has 2 aliphatic rings. The van der Waals surface area contributed by atoms with Crippen molar-refractivity contribution >= 4 is 29.3 Å². The molecule has 0 bridgehead atoms. The molecule has 2 aromatic rings. The van der Waals surface area contributed by atoms with Gasteiger partial charge in [0.15, 0.2) is 17.5 Å². The summed E-state index contributed by atoms with van der Waals surface area (Å²) in [5.74, 6) is 1.01. The number of rotatable bonds is 6. The van der Waals surface area contributed by atoms with Crippen LogP contribution in [-0.2, 0) is 0 Å². The predicted octanol–water partition coefficient (Wildman–Crippen LogP) is 3.26. The summed E-state index contributed by atoms with van der Waals surface area (Å²) in [6, 6.07) is 0.0706. The minimum Gasteiger partial charge on any atom is -0.392 e. The van der Waals surface area contributed by atoms with Gasteiger partial charge in [0.2, 0.25) is 0 Å². The van der Waals surface area contributed by atoms with Gasteiger partial charge in [0, 0.05) is 41.5 Å². The second-order valence-electron chi connectivity index (χ2n) is 7.63. The van der Waals surface area contributed by atoms with Crippen molar-refractivity contribution in [3.05, 3.63) is 28.8 Å². The lowest BCUT2D eigenvalue weighted by atomic mass is 10.0.